The van der Waals surface area contributed by atoms with E-state index in [4.69, 9.17) is 2.74 Å². The Labute approximate surface area is 66.7 Å². The van der Waals surface area contributed by atoms with Gasteiger partial charge in [-0.05, 0) is 6.07 Å². The van der Waals surface area contributed by atoms with E-state index in [0.29, 0.717) is 17.2 Å². The van der Waals surface area contributed by atoms with Crippen LogP contribution in [0.25, 0.3) is 10.9 Å². The lowest BCUT2D eigenvalue weighted by atomic mass is 10.2. The fourth-order valence-corrected chi connectivity index (χ4v) is 1.05. The van der Waals surface area contributed by atoms with Crippen molar-refractivity contribution in [2.75, 3.05) is 0 Å². The average Bonchev–Trinajstić information content (AvgIpc) is 2.42. The largest absolute Gasteiger partial charge is 0.360 e. The van der Waals surface area contributed by atoms with Gasteiger partial charge in [0.25, 0.3) is 0 Å². The molecule has 0 saturated carbocycles. The summed E-state index contributed by atoms with van der Waals surface area (Å²) in [6, 6.07) is 5.34. The highest BCUT2D eigenvalue weighted by atomic mass is 16.1. The Morgan fingerprint density at radius 1 is 1.55 bits per heavy atom. The highest BCUT2D eigenvalue weighted by molar-refractivity contribution is 5.96. The molecule has 0 aliphatic rings. The molecule has 0 bridgehead atoms. The number of aldehydes is 1. The molecule has 0 aliphatic heterocycles. The van der Waals surface area contributed by atoms with Crippen molar-refractivity contribution < 1.29 is 7.54 Å². The van der Waals surface area contributed by atoms with E-state index in [1.807, 2.05) is 0 Å². The lowest BCUT2D eigenvalue weighted by molar-refractivity contribution is 0.112. The number of nitrogens with one attached hydrogen (secondary N) is 1. The zero-order valence-corrected chi connectivity index (χ0v) is 5.72. The molecule has 54 valence electrons. The zero-order valence-electron chi connectivity index (χ0n) is 7.72. The first-order chi connectivity index (χ1) is 6.24. The van der Waals surface area contributed by atoms with Crippen LogP contribution in [0.1, 0.15) is 13.1 Å². The van der Waals surface area contributed by atoms with Gasteiger partial charge in [-0.25, -0.2) is 0 Å². The van der Waals surface area contributed by atoms with Crippen LogP contribution in [0.15, 0.2) is 30.4 Å². The molecular formula is C9H7NO. The van der Waals surface area contributed by atoms with Crippen molar-refractivity contribution in [2.24, 2.45) is 0 Å². The number of aromatic amines is 1. The minimum Gasteiger partial charge on any atom is -0.360 e. The van der Waals surface area contributed by atoms with Crippen LogP contribution in [0.2, 0.25) is 0 Å². The summed E-state index contributed by atoms with van der Waals surface area (Å²) < 4.78 is 15.0. The van der Waals surface area contributed by atoms with Crippen LogP contribution in [-0.2, 0) is 0 Å². The van der Waals surface area contributed by atoms with Crippen molar-refractivity contribution in [1.29, 1.82) is 0 Å². The second-order valence-electron chi connectivity index (χ2n) is 2.24. The van der Waals surface area contributed by atoms with E-state index >= 15 is 0 Å². The van der Waals surface area contributed by atoms with Crippen molar-refractivity contribution >= 4 is 17.2 Å². The van der Waals surface area contributed by atoms with E-state index in [-0.39, 0.29) is 17.8 Å². The van der Waals surface area contributed by atoms with Gasteiger partial charge in [0, 0.05) is 22.6 Å². The van der Waals surface area contributed by atoms with Crippen LogP contribution in [0, 0.1) is 0 Å². The maximum atomic E-state index is 10.6. The van der Waals surface area contributed by atoms with E-state index in [0.717, 1.165) is 0 Å². The molecule has 11 heavy (non-hydrogen) atoms. The van der Waals surface area contributed by atoms with Gasteiger partial charge in [-0.3, -0.25) is 4.79 Å². The topological polar surface area (TPSA) is 32.9 Å². The van der Waals surface area contributed by atoms with Crippen molar-refractivity contribution in [3.05, 3.63) is 36.0 Å². The molecule has 2 heteroatoms. The van der Waals surface area contributed by atoms with Gasteiger partial charge in [0.2, 0.25) is 0 Å². The Balaban J connectivity index is 2.96. The smallest absolute Gasteiger partial charge is 0.152 e. The van der Waals surface area contributed by atoms with Crippen molar-refractivity contribution in [1.82, 2.24) is 4.98 Å². The lowest BCUT2D eigenvalue weighted by Crippen LogP contribution is -1.72. The normalized spacial score (nSPS) is 12.7. The van der Waals surface area contributed by atoms with E-state index in [1.165, 1.54) is 0 Å². The number of H-pyrrole nitrogens is 1. The standard InChI is InChI=1S/C9H7NO/c11-6-7-5-10-9-4-2-1-3-8(7)9/h1-6,10H/i3D,5D. The molecule has 2 aromatic rings. The van der Waals surface area contributed by atoms with Gasteiger partial charge >= 0.3 is 0 Å². The van der Waals surface area contributed by atoms with Crippen LogP contribution < -0.4 is 0 Å². The Kier molecular flexibility index (Phi) is 0.881. The van der Waals surface area contributed by atoms with E-state index in [1.54, 1.807) is 18.2 Å². The lowest BCUT2D eigenvalue weighted by Gasteiger charge is -1.86. The predicted molar refractivity (Wildman–Crippen MR) is 43.7 cm³/mol. The summed E-state index contributed by atoms with van der Waals surface area (Å²) in [7, 11) is 0. The molecule has 0 atom stereocenters. The highest BCUT2D eigenvalue weighted by Crippen LogP contribution is 2.14. The van der Waals surface area contributed by atoms with Crippen molar-refractivity contribution in [3.8, 4) is 0 Å². The van der Waals surface area contributed by atoms with Gasteiger partial charge < -0.3 is 4.98 Å². The molecule has 2 nitrogen and oxygen atoms in total. The molecular weight excluding hydrogens is 138 g/mol. The molecule has 0 saturated heterocycles. The summed E-state index contributed by atoms with van der Waals surface area (Å²) in [6.07, 6.45) is 0.684. The average molecular weight is 147 g/mol. The Bertz CT molecular complexity index is 476. The summed E-state index contributed by atoms with van der Waals surface area (Å²) >= 11 is 0. The molecule has 0 spiro atoms. The summed E-state index contributed by atoms with van der Waals surface area (Å²) in [4.78, 5) is 13.4. The van der Waals surface area contributed by atoms with Crippen LogP contribution in [0.3, 0.4) is 0 Å². The summed E-state index contributed by atoms with van der Waals surface area (Å²) in [5, 5.41) is 0.530. The molecule has 1 aromatic carbocycles. The van der Waals surface area contributed by atoms with Gasteiger partial charge in [0.1, 0.15) is 0 Å². The fraction of sp³-hybridized carbons (Fsp3) is 0. The minimum atomic E-state index is 0.0738. The Hall–Kier alpha value is -1.57. The Morgan fingerprint density at radius 3 is 3.27 bits per heavy atom. The summed E-state index contributed by atoms with van der Waals surface area (Å²) in [6.45, 7) is 0. The molecule has 0 radical (unpaired) electrons. The predicted octanol–water partition coefficient (Wildman–Crippen LogP) is 1.98. The van der Waals surface area contributed by atoms with Gasteiger partial charge in [-0.15, -0.1) is 0 Å². The number of carbonyl (C=O) groups is 1. The van der Waals surface area contributed by atoms with Crippen molar-refractivity contribution in [3.63, 3.8) is 0 Å². The first-order valence-electron chi connectivity index (χ1n) is 4.27. The minimum absolute atomic E-state index is 0.0738. The first kappa shape index (κ1) is 4.34. The number of benzene rings is 1. The number of hydrogen-bond acceptors (Lipinski definition) is 1. The first-order valence-corrected chi connectivity index (χ1v) is 3.27. The van der Waals surface area contributed by atoms with E-state index in [9.17, 15) is 4.79 Å². The second kappa shape index (κ2) is 2.23. The molecule has 0 fully saturated rings. The SMILES string of the molecule is [2H]c1[nH]c2cccc([2H])c2c1C=O. The maximum absolute atomic E-state index is 10.6. The third kappa shape index (κ3) is 0.835. The molecule has 0 aliphatic carbocycles. The number of para-hydroxylation sites is 1. The van der Waals surface area contributed by atoms with E-state index in [2.05, 4.69) is 4.98 Å². The second-order valence-corrected chi connectivity index (χ2v) is 2.24. The number of fused-ring (bicyclic) bond motifs is 1. The van der Waals surface area contributed by atoms with Crippen LogP contribution in [0.5, 0.6) is 0 Å². The quantitative estimate of drug-likeness (QED) is 0.614. The molecule has 2 rings (SSSR count). The highest BCUT2D eigenvalue weighted by Gasteiger charge is 1.98. The zero-order chi connectivity index (χ0) is 9.42. The van der Waals surface area contributed by atoms with Gasteiger partial charge in [-0.2, -0.15) is 0 Å². The monoisotopic (exact) mass is 147 g/mol. The third-order valence-corrected chi connectivity index (χ3v) is 1.58. The summed E-state index contributed by atoms with van der Waals surface area (Å²) in [5.74, 6) is 0. The van der Waals surface area contributed by atoms with E-state index < -0.39 is 0 Å². The molecule has 1 heterocycles. The van der Waals surface area contributed by atoms with Gasteiger partial charge in [-0.1, -0.05) is 18.2 Å². The molecule has 0 unspecified atom stereocenters. The van der Waals surface area contributed by atoms with Crippen LogP contribution in [-0.4, -0.2) is 11.3 Å². The molecule has 1 aromatic heterocycles. The number of aromatic nitrogens is 1. The van der Waals surface area contributed by atoms with Gasteiger partial charge in [0.05, 0.1) is 2.74 Å². The molecule has 0 amide bonds. The fourth-order valence-electron chi connectivity index (χ4n) is 1.05. The van der Waals surface area contributed by atoms with Crippen LogP contribution in [0.4, 0.5) is 0 Å². The summed E-state index contributed by atoms with van der Waals surface area (Å²) in [5.41, 5.74) is 0.931. The molecule has 1 N–H and O–H groups in total. The van der Waals surface area contributed by atoms with Crippen molar-refractivity contribution in [2.45, 2.75) is 0 Å². The Morgan fingerprint density at radius 2 is 2.45 bits per heavy atom. The maximum Gasteiger partial charge on any atom is 0.152 e. The number of rotatable bonds is 1. The van der Waals surface area contributed by atoms with Crippen LogP contribution >= 0.6 is 0 Å². The number of hydrogen-bond donors (Lipinski definition) is 1. The van der Waals surface area contributed by atoms with Gasteiger partial charge in [0.15, 0.2) is 6.29 Å². The third-order valence-electron chi connectivity index (χ3n) is 1.58. The number of carbonyl (C=O) groups excluding carboxylic acids is 1.